The van der Waals surface area contributed by atoms with Crippen LogP contribution < -0.4 is 5.30 Å². The van der Waals surface area contributed by atoms with Crippen LogP contribution in [0.3, 0.4) is 0 Å². The topological polar surface area (TPSA) is 40.0 Å². The quantitative estimate of drug-likeness (QED) is 0.361. The van der Waals surface area contributed by atoms with E-state index in [0.29, 0.717) is 5.90 Å². The van der Waals surface area contributed by atoms with Gasteiger partial charge in [0.25, 0.3) is 6.49 Å². The van der Waals surface area contributed by atoms with E-state index in [1.54, 1.807) is 14.0 Å². The summed E-state index contributed by atoms with van der Waals surface area (Å²) in [4.78, 5) is 5.11. The lowest BCUT2D eigenvalue weighted by atomic mass is 10.4. The first-order chi connectivity index (χ1) is 8.48. The molecule has 0 heterocycles. The van der Waals surface area contributed by atoms with Crippen molar-refractivity contribution in [2.75, 3.05) is 7.11 Å². The summed E-state index contributed by atoms with van der Waals surface area (Å²) in [5, 5.41) is 4.71. The van der Waals surface area contributed by atoms with Gasteiger partial charge >= 0.3 is 0 Å². The molecule has 100 valence electrons. The molecule has 0 N–H and O–H groups in total. The van der Waals surface area contributed by atoms with Crippen LogP contribution in [0.2, 0.25) is 0 Å². The van der Waals surface area contributed by atoms with Gasteiger partial charge in [-0.2, -0.15) is 0 Å². The van der Waals surface area contributed by atoms with E-state index in [0.717, 1.165) is 5.30 Å². The molecule has 1 rings (SSSR count). The Morgan fingerprint density at radius 2 is 1.89 bits per heavy atom. The van der Waals surface area contributed by atoms with Gasteiger partial charge in [0.2, 0.25) is 5.90 Å². The lowest BCUT2D eigenvalue weighted by Crippen LogP contribution is -2.12. The molecule has 0 aromatic heterocycles. The average Bonchev–Trinajstić information content (AvgIpc) is 2.37. The first-order valence-corrected chi connectivity index (χ1v) is 8.23. The van der Waals surface area contributed by atoms with Gasteiger partial charge in [0.15, 0.2) is 0 Å². The van der Waals surface area contributed by atoms with E-state index in [2.05, 4.69) is 5.16 Å². The fourth-order valence-corrected chi connectivity index (χ4v) is 3.17. The molecule has 4 nitrogen and oxygen atoms in total. The van der Waals surface area contributed by atoms with Crippen molar-refractivity contribution in [2.24, 2.45) is 5.16 Å². The molecule has 0 saturated heterocycles. The molecule has 1 aromatic rings. The Kier molecular flexibility index (Phi) is 5.79. The number of rotatable bonds is 5. The number of oxime groups is 1. The molecular formula is C12H18NO3PS. The lowest BCUT2D eigenvalue weighted by Gasteiger charge is -2.20. The average molecular weight is 287 g/mol. The standard InChI is InChI=1S/C12H18NO3PS/c1-10(2)15-13-11(3)16-17(18,14-4)12-8-6-5-7-9-12/h5-10H,1-4H3. The summed E-state index contributed by atoms with van der Waals surface area (Å²) in [6, 6.07) is 9.50. The molecule has 1 unspecified atom stereocenters. The highest BCUT2D eigenvalue weighted by Gasteiger charge is 2.22. The molecule has 1 atom stereocenters. The van der Waals surface area contributed by atoms with Crippen LogP contribution in [0.4, 0.5) is 0 Å². The summed E-state index contributed by atoms with van der Waals surface area (Å²) in [7, 11) is 1.55. The van der Waals surface area contributed by atoms with E-state index < -0.39 is 6.49 Å². The third-order valence-corrected chi connectivity index (χ3v) is 5.18. The second kappa shape index (κ2) is 6.88. The van der Waals surface area contributed by atoms with Crippen molar-refractivity contribution in [3.05, 3.63) is 30.3 Å². The molecule has 0 aliphatic carbocycles. The third kappa shape index (κ3) is 4.41. The Morgan fingerprint density at radius 3 is 2.39 bits per heavy atom. The van der Waals surface area contributed by atoms with Crippen molar-refractivity contribution in [1.82, 2.24) is 0 Å². The zero-order chi connectivity index (χ0) is 13.6. The normalized spacial score (nSPS) is 15.3. The van der Waals surface area contributed by atoms with Gasteiger partial charge in [-0.1, -0.05) is 23.4 Å². The van der Waals surface area contributed by atoms with Crippen LogP contribution >= 0.6 is 6.49 Å². The fraction of sp³-hybridized carbons (Fsp3) is 0.417. The molecule has 0 aliphatic heterocycles. The van der Waals surface area contributed by atoms with E-state index >= 15 is 0 Å². The van der Waals surface area contributed by atoms with Crippen LogP contribution in [-0.2, 0) is 25.7 Å². The zero-order valence-electron chi connectivity index (χ0n) is 11.0. The van der Waals surface area contributed by atoms with Crippen molar-refractivity contribution >= 4 is 29.5 Å². The summed E-state index contributed by atoms with van der Waals surface area (Å²) in [6.45, 7) is 2.93. The SMILES string of the molecule is COP(=S)(OC(C)=NOC(C)C)c1ccccc1. The Morgan fingerprint density at radius 1 is 1.28 bits per heavy atom. The van der Waals surface area contributed by atoms with Crippen molar-refractivity contribution in [2.45, 2.75) is 26.9 Å². The smallest absolute Gasteiger partial charge is 0.270 e. The highest BCUT2D eigenvalue weighted by Crippen LogP contribution is 2.46. The molecule has 0 saturated carbocycles. The minimum atomic E-state index is -2.55. The molecule has 0 spiro atoms. The molecule has 1 aromatic carbocycles. The minimum Gasteiger partial charge on any atom is -0.423 e. The van der Waals surface area contributed by atoms with E-state index in [-0.39, 0.29) is 6.10 Å². The highest BCUT2D eigenvalue weighted by molar-refractivity contribution is 8.13. The maximum absolute atomic E-state index is 5.65. The molecule has 18 heavy (non-hydrogen) atoms. The van der Waals surface area contributed by atoms with Crippen molar-refractivity contribution in [3.8, 4) is 0 Å². The highest BCUT2D eigenvalue weighted by atomic mass is 32.5. The fourth-order valence-electron chi connectivity index (χ4n) is 1.18. The van der Waals surface area contributed by atoms with Gasteiger partial charge in [0, 0.05) is 19.3 Å². The number of benzene rings is 1. The van der Waals surface area contributed by atoms with Crippen molar-refractivity contribution in [1.29, 1.82) is 0 Å². The molecule has 0 amide bonds. The monoisotopic (exact) mass is 287 g/mol. The number of hydrogen-bond donors (Lipinski definition) is 0. The van der Waals surface area contributed by atoms with Gasteiger partial charge in [-0.15, -0.1) is 0 Å². The molecule has 0 radical (unpaired) electrons. The van der Waals surface area contributed by atoms with E-state index in [1.807, 2.05) is 44.2 Å². The van der Waals surface area contributed by atoms with E-state index in [1.165, 1.54) is 0 Å². The van der Waals surface area contributed by atoms with Crippen LogP contribution in [0.5, 0.6) is 0 Å². The van der Waals surface area contributed by atoms with Gasteiger partial charge in [-0.05, 0) is 37.8 Å². The number of nitrogens with zero attached hydrogens (tertiary/aromatic N) is 1. The van der Waals surface area contributed by atoms with Crippen LogP contribution in [0, 0.1) is 0 Å². The van der Waals surface area contributed by atoms with Gasteiger partial charge in [-0.3, -0.25) is 0 Å². The first-order valence-electron chi connectivity index (χ1n) is 5.59. The summed E-state index contributed by atoms with van der Waals surface area (Å²) in [6.07, 6.45) is 0.000625. The lowest BCUT2D eigenvalue weighted by molar-refractivity contribution is 0.0817. The van der Waals surface area contributed by atoms with Gasteiger partial charge in [0.1, 0.15) is 6.10 Å². The first kappa shape index (κ1) is 15.2. The van der Waals surface area contributed by atoms with Crippen LogP contribution in [0.25, 0.3) is 0 Å². The Hall–Kier alpha value is -0.900. The van der Waals surface area contributed by atoms with Gasteiger partial charge < -0.3 is 13.9 Å². The Labute approximate surface area is 113 Å². The second-order valence-corrected chi connectivity index (χ2v) is 7.37. The second-order valence-electron chi connectivity index (χ2n) is 3.87. The summed E-state index contributed by atoms with van der Waals surface area (Å²) < 4.78 is 11.0. The number of hydrogen-bond acceptors (Lipinski definition) is 5. The molecule has 0 fully saturated rings. The van der Waals surface area contributed by atoms with Crippen LogP contribution in [-0.4, -0.2) is 19.1 Å². The molecule has 0 bridgehead atoms. The largest absolute Gasteiger partial charge is 0.423 e. The molecule has 6 heteroatoms. The van der Waals surface area contributed by atoms with Gasteiger partial charge in [0.05, 0.1) is 0 Å². The maximum Gasteiger partial charge on any atom is 0.270 e. The summed E-state index contributed by atoms with van der Waals surface area (Å²) in [5.74, 6) is 0.373. The van der Waals surface area contributed by atoms with Crippen LogP contribution in [0.1, 0.15) is 20.8 Å². The third-order valence-electron chi connectivity index (χ3n) is 1.96. The Bertz CT molecular complexity index is 448. The van der Waals surface area contributed by atoms with Crippen LogP contribution in [0.15, 0.2) is 35.5 Å². The zero-order valence-corrected chi connectivity index (χ0v) is 12.7. The van der Waals surface area contributed by atoms with E-state index in [4.69, 9.17) is 25.7 Å². The molecule has 0 aliphatic rings. The van der Waals surface area contributed by atoms with Crippen molar-refractivity contribution in [3.63, 3.8) is 0 Å². The molecular weight excluding hydrogens is 269 g/mol. The van der Waals surface area contributed by atoms with Gasteiger partial charge in [-0.25, -0.2) is 0 Å². The maximum atomic E-state index is 5.65. The van der Waals surface area contributed by atoms with Crippen molar-refractivity contribution < 1.29 is 13.9 Å². The predicted octanol–water partition coefficient (Wildman–Crippen LogP) is 3.04. The minimum absolute atomic E-state index is 0.000625. The predicted molar refractivity (Wildman–Crippen MR) is 77.8 cm³/mol. The Balaban J connectivity index is 2.84. The summed E-state index contributed by atoms with van der Waals surface area (Å²) in [5.41, 5.74) is 0. The summed E-state index contributed by atoms with van der Waals surface area (Å²) >= 11 is 5.46. The van der Waals surface area contributed by atoms with E-state index in [9.17, 15) is 0 Å².